The number of thiophene rings is 1. The minimum Gasteiger partial charge on any atom is -0.494 e. The molecule has 6 nitrogen and oxygen atoms in total. The molecule has 0 atom stereocenters. The minimum absolute atomic E-state index is 0.0861. The molecule has 1 aromatic heterocycles. The second kappa shape index (κ2) is 11.5. The Hall–Kier alpha value is -3.39. The van der Waals surface area contributed by atoms with E-state index in [0.717, 1.165) is 24.2 Å². The van der Waals surface area contributed by atoms with Crippen LogP contribution >= 0.6 is 11.3 Å². The van der Waals surface area contributed by atoms with E-state index in [9.17, 15) is 19.1 Å². The summed E-state index contributed by atoms with van der Waals surface area (Å²) in [5.41, 5.74) is 1.87. The number of aromatic carboxylic acids is 1. The van der Waals surface area contributed by atoms with E-state index in [0.29, 0.717) is 41.4 Å². The van der Waals surface area contributed by atoms with E-state index in [1.165, 1.54) is 12.1 Å². The first-order valence-electron chi connectivity index (χ1n) is 10.7. The maximum Gasteiger partial charge on any atom is 0.346 e. The smallest absolute Gasteiger partial charge is 0.346 e. The summed E-state index contributed by atoms with van der Waals surface area (Å²) >= 11 is 1.15. The number of carboxylic acids is 1. The van der Waals surface area contributed by atoms with Crippen LogP contribution in [0.25, 0.3) is 11.1 Å². The van der Waals surface area contributed by atoms with Crippen molar-refractivity contribution in [3.8, 4) is 22.6 Å². The summed E-state index contributed by atoms with van der Waals surface area (Å²) in [6.45, 7) is 4.98. The summed E-state index contributed by atoms with van der Waals surface area (Å²) in [4.78, 5) is 24.4. The molecule has 1 amide bonds. The number of ether oxygens (including phenoxy) is 2. The van der Waals surface area contributed by atoms with E-state index in [1.54, 1.807) is 35.7 Å². The van der Waals surface area contributed by atoms with Gasteiger partial charge in [0.25, 0.3) is 5.91 Å². The van der Waals surface area contributed by atoms with Crippen LogP contribution in [0.3, 0.4) is 0 Å². The minimum atomic E-state index is -0.997. The molecule has 1 heterocycles. The van der Waals surface area contributed by atoms with Crippen molar-refractivity contribution in [2.45, 2.75) is 33.2 Å². The molecule has 0 fully saturated rings. The van der Waals surface area contributed by atoms with Gasteiger partial charge in [-0.1, -0.05) is 19.9 Å². The van der Waals surface area contributed by atoms with E-state index in [-0.39, 0.29) is 17.0 Å². The lowest BCUT2D eigenvalue weighted by molar-refractivity contribution is 0.0702. The van der Waals surface area contributed by atoms with E-state index < -0.39 is 17.7 Å². The van der Waals surface area contributed by atoms with Gasteiger partial charge in [-0.15, -0.1) is 11.3 Å². The van der Waals surface area contributed by atoms with Gasteiger partial charge < -0.3 is 19.9 Å². The van der Waals surface area contributed by atoms with Gasteiger partial charge in [-0.05, 0) is 54.1 Å². The second-order valence-corrected chi connectivity index (χ2v) is 8.23. The van der Waals surface area contributed by atoms with Crippen molar-refractivity contribution in [3.63, 3.8) is 0 Å². The summed E-state index contributed by atoms with van der Waals surface area (Å²) in [6, 6.07) is 11.2. The Morgan fingerprint density at radius 1 is 1.03 bits per heavy atom. The molecule has 2 N–H and O–H groups in total. The number of benzene rings is 2. The molecule has 0 aliphatic carbocycles. The Labute approximate surface area is 196 Å². The molecule has 0 unspecified atom stereocenters. The monoisotopic (exact) mass is 471 g/mol. The number of carboxylic acid groups (broad SMARTS) is 1. The molecule has 0 radical (unpaired) electrons. The van der Waals surface area contributed by atoms with Crippen molar-refractivity contribution in [2.75, 3.05) is 13.2 Å². The molecule has 33 heavy (non-hydrogen) atoms. The predicted octanol–water partition coefficient (Wildman–Crippen LogP) is 5.76. The largest absolute Gasteiger partial charge is 0.494 e. The number of amides is 1. The van der Waals surface area contributed by atoms with E-state index >= 15 is 0 Å². The Bertz CT molecular complexity index is 1130. The van der Waals surface area contributed by atoms with Crippen LogP contribution in [0.4, 0.5) is 4.39 Å². The number of hydrogen-bond donors (Lipinski definition) is 2. The number of rotatable bonds is 11. The zero-order valence-electron chi connectivity index (χ0n) is 18.5. The van der Waals surface area contributed by atoms with E-state index in [2.05, 4.69) is 5.32 Å². The lowest BCUT2D eigenvalue weighted by Crippen LogP contribution is -2.24. The van der Waals surface area contributed by atoms with E-state index in [1.807, 2.05) is 13.8 Å². The summed E-state index contributed by atoms with van der Waals surface area (Å²) in [6.07, 6.45) is 1.60. The molecule has 0 spiro atoms. The van der Waals surface area contributed by atoms with Gasteiger partial charge in [-0.3, -0.25) is 4.79 Å². The van der Waals surface area contributed by atoms with Crippen LogP contribution in [-0.4, -0.2) is 30.2 Å². The average Bonchev–Trinajstić information content (AvgIpc) is 3.30. The fourth-order valence-electron chi connectivity index (χ4n) is 3.20. The SMILES string of the molecule is CCCOc1ccc(C(=O)NCc2cc(-c3ccsc3C(=O)O)ccc2OCCC)c(F)c1. The highest BCUT2D eigenvalue weighted by atomic mass is 32.1. The van der Waals surface area contributed by atoms with Crippen LogP contribution in [0.5, 0.6) is 11.5 Å². The number of carbonyl (C=O) groups excluding carboxylic acids is 1. The Morgan fingerprint density at radius 2 is 1.79 bits per heavy atom. The standard InChI is InChI=1S/C25H26FNO5S/c1-3-10-31-18-6-7-20(21(26)14-18)24(28)27-15-17-13-16(5-8-22(17)32-11-4-2)19-9-12-33-23(19)25(29)30/h5-9,12-14H,3-4,10-11,15H2,1-2H3,(H,27,28)(H,29,30). The number of carbonyl (C=O) groups is 2. The summed E-state index contributed by atoms with van der Waals surface area (Å²) in [5.74, 6) is -1.27. The molecular formula is C25H26FNO5S. The quantitative estimate of drug-likeness (QED) is 0.371. The van der Waals surface area contributed by atoms with Crippen molar-refractivity contribution in [3.05, 3.63) is 69.7 Å². The van der Waals surface area contributed by atoms with Crippen molar-refractivity contribution in [2.24, 2.45) is 0 Å². The van der Waals surface area contributed by atoms with Crippen LogP contribution in [0.2, 0.25) is 0 Å². The Kier molecular flexibility index (Phi) is 8.43. The first-order valence-corrected chi connectivity index (χ1v) is 11.6. The fourth-order valence-corrected chi connectivity index (χ4v) is 3.95. The maximum absolute atomic E-state index is 14.4. The highest BCUT2D eigenvalue weighted by Crippen LogP contribution is 2.32. The molecule has 3 aromatic rings. The van der Waals surface area contributed by atoms with Gasteiger partial charge in [0, 0.05) is 23.7 Å². The number of hydrogen-bond acceptors (Lipinski definition) is 5. The fraction of sp³-hybridized carbons (Fsp3) is 0.280. The molecule has 0 saturated carbocycles. The highest BCUT2D eigenvalue weighted by Gasteiger charge is 2.17. The van der Waals surface area contributed by atoms with Gasteiger partial charge in [0.1, 0.15) is 22.2 Å². The van der Waals surface area contributed by atoms with Gasteiger partial charge in [-0.2, -0.15) is 0 Å². The summed E-state index contributed by atoms with van der Waals surface area (Å²) in [5, 5.41) is 13.9. The van der Waals surface area contributed by atoms with Crippen molar-refractivity contribution in [1.29, 1.82) is 0 Å². The zero-order valence-corrected chi connectivity index (χ0v) is 19.3. The van der Waals surface area contributed by atoms with Crippen LogP contribution < -0.4 is 14.8 Å². The topological polar surface area (TPSA) is 84.9 Å². The Morgan fingerprint density at radius 3 is 2.48 bits per heavy atom. The lowest BCUT2D eigenvalue weighted by atomic mass is 10.0. The first kappa shape index (κ1) is 24.3. The van der Waals surface area contributed by atoms with Crippen molar-refractivity contribution in [1.82, 2.24) is 5.32 Å². The normalized spacial score (nSPS) is 10.6. The zero-order chi connectivity index (χ0) is 23.8. The average molecular weight is 472 g/mol. The molecule has 2 aromatic carbocycles. The molecule has 174 valence electrons. The highest BCUT2D eigenvalue weighted by molar-refractivity contribution is 7.12. The molecule has 8 heteroatoms. The Balaban J connectivity index is 1.81. The van der Waals surface area contributed by atoms with Crippen LogP contribution in [0.1, 0.15) is 52.3 Å². The summed E-state index contributed by atoms with van der Waals surface area (Å²) in [7, 11) is 0. The third-order valence-corrected chi connectivity index (χ3v) is 5.69. The maximum atomic E-state index is 14.4. The predicted molar refractivity (Wildman–Crippen MR) is 126 cm³/mol. The number of nitrogens with one attached hydrogen (secondary N) is 1. The molecule has 0 aliphatic rings. The molecule has 0 bridgehead atoms. The third-order valence-electron chi connectivity index (χ3n) is 4.79. The van der Waals surface area contributed by atoms with Crippen LogP contribution in [-0.2, 0) is 6.54 Å². The number of halogens is 1. The molecule has 0 aliphatic heterocycles. The van der Waals surface area contributed by atoms with Crippen molar-refractivity contribution >= 4 is 23.2 Å². The third kappa shape index (κ3) is 6.10. The second-order valence-electron chi connectivity index (χ2n) is 7.31. The van der Waals surface area contributed by atoms with Gasteiger partial charge in [0.05, 0.1) is 18.8 Å². The van der Waals surface area contributed by atoms with Gasteiger partial charge in [0.15, 0.2) is 0 Å². The molecule has 3 rings (SSSR count). The van der Waals surface area contributed by atoms with Crippen LogP contribution in [0, 0.1) is 5.82 Å². The van der Waals surface area contributed by atoms with E-state index in [4.69, 9.17) is 9.47 Å². The first-order chi connectivity index (χ1) is 15.9. The van der Waals surface area contributed by atoms with Crippen LogP contribution in [0.15, 0.2) is 47.8 Å². The molecular weight excluding hydrogens is 445 g/mol. The van der Waals surface area contributed by atoms with Gasteiger partial charge in [0.2, 0.25) is 0 Å². The van der Waals surface area contributed by atoms with Gasteiger partial charge >= 0.3 is 5.97 Å². The lowest BCUT2D eigenvalue weighted by Gasteiger charge is -2.14. The van der Waals surface area contributed by atoms with Gasteiger partial charge in [-0.25, -0.2) is 9.18 Å². The summed E-state index contributed by atoms with van der Waals surface area (Å²) < 4.78 is 25.6. The van der Waals surface area contributed by atoms with Crippen molar-refractivity contribution < 1.29 is 28.6 Å². The molecule has 0 saturated heterocycles.